The molecule has 198 valence electrons. The Labute approximate surface area is 242 Å². The van der Waals surface area contributed by atoms with Crippen molar-refractivity contribution in [3.63, 3.8) is 0 Å². The normalized spacial score (nSPS) is 11.4. The van der Waals surface area contributed by atoms with Crippen LogP contribution < -0.4 is 5.73 Å². The third kappa shape index (κ3) is 6.18. The second-order valence-electron chi connectivity index (χ2n) is 10.3. The van der Waals surface area contributed by atoms with Gasteiger partial charge in [-0.15, -0.1) is 0 Å². The van der Waals surface area contributed by atoms with Gasteiger partial charge in [-0.3, -0.25) is 4.99 Å². The molecule has 6 aromatic carbocycles. The summed E-state index contributed by atoms with van der Waals surface area (Å²) in [5.41, 5.74) is 19.6. The van der Waals surface area contributed by atoms with Crippen molar-refractivity contribution >= 4 is 11.4 Å². The average Bonchev–Trinajstić information content (AvgIpc) is 3.05. The summed E-state index contributed by atoms with van der Waals surface area (Å²) in [6.45, 7) is 2.75. The lowest BCUT2D eigenvalue weighted by Crippen LogP contribution is -1.96. The number of hydrogen-bond donors (Lipinski definition) is 1. The fourth-order valence-electron chi connectivity index (χ4n) is 5.04. The van der Waals surface area contributed by atoms with Crippen LogP contribution in [0.1, 0.15) is 18.1 Å². The fourth-order valence-corrected chi connectivity index (χ4v) is 5.04. The lowest BCUT2D eigenvalue weighted by Gasteiger charge is -2.08. The number of nitrogens with two attached hydrogens (primary N) is 1. The van der Waals surface area contributed by atoms with Gasteiger partial charge in [0, 0.05) is 11.4 Å². The molecule has 2 N–H and O–H groups in total. The van der Waals surface area contributed by atoms with E-state index in [1.54, 1.807) is 0 Å². The standard InChI is InChI=1S/C39H32N2/c1-28(37-8-5-9-38(26-37)30-6-3-2-4-7-30)41-27-29-10-12-31(13-11-29)32-14-16-33(17-15-32)34-18-20-35(21-19-34)36-22-24-39(40)25-23-36/h2-26H,27,40H2,1H3. The molecule has 0 saturated carbocycles. The van der Waals surface area contributed by atoms with Crippen molar-refractivity contribution < 1.29 is 0 Å². The second kappa shape index (κ2) is 11.9. The number of anilines is 1. The first kappa shape index (κ1) is 26.0. The van der Waals surface area contributed by atoms with E-state index in [4.69, 9.17) is 10.7 Å². The maximum atomic E-state index is 5.83. The number of benzene rings is 6. The molecule has 0 aliphatic heterocycles. The molecule has 0 amide bonds. The SMILES string of the molecule is CC(=NCc1ccc(-c2ccc(-c3ccc(-c4ccc(N)cc4)cc3)cc2)cc1)c1cccc(-c2ccccc2)c1. The summed E-state index contributed by atoms with van der Waals surface area (Å²) in [7, 11) is 0. The number of hydrogen-bond acceptors (Lipinski definition) is 2. The predicted molar refractivity (Wildman–Crippen MR) is 175 cm³/mol. The highest BCUT2D eigenvalue weighted by Crippen LogP contribution is 2.28. The highest BCUT2D eigenvalue weighted by atomic mass is 14.7. The van der Waals surface area contributed by atoms with Crippen molar-refractivity contribution in [2.24, 2.45) is 4.99 Å². The lowest BCUT2D eigenvalue weighted by atomic mass is 9.97. The van der Waals surface area contributed by atoms with Crippen molar-refractivity contribution in [1.82, 2.24) is 0 Å². The van der Waals surface area contributed by atoms with E-state index in [-0.39, 0.29) is 0 Å². The summed E-state index contributed by atoms with van der Waals surface area (Å²) in [5.74, 6) is 0. The van der Waals surface area contributed by atoms with Crippen LogP contribution in [0.5, 0.6) is 0 Å². The van der Waals surface area contributed by atoms with Gasteiger partial charge in [0.2, 0.25) is 0 Å². The van der Waals surface area contributed by atoms with Gasteiger partial charge in [0.1, 0.15) is 0 Å². The maximum absolute atomic E-state index is 5.83. The molecule has 0 fully saturated rings. The average molecular weight is 529 g/mol. The van der Waals surface area contributed by atoms with E-state index in [1.165, 1.54) is 50.1 Å². The molecule has 0 atom stereocenters. The van der Waals surface area contributed by atoms with Gasteiger partial charge in [-0.1, -0.05) is 133 Å². The first-order chi connectivity index (χ1) is 20.1. The van der Waals surface area contributed by atoms with Gasteiger partial charge in [-0.2, -0.15) is 0 Å². The quantitative estimate of drug-likeness (QED) is 0.162. The van der Waals surface area contributed by atoms with Crippen LogP contribution in [-0.4, -0.2) is 5.71 Å². The molecule has 0 spiro atoms. The van der Waals surface area contributed by atoms with Crippen molar-refractivity contribution in [2.45, 2.75) is 13.5 Å². The summed E-state index contributed by atoms with van der Waals surface area (Å²) in [6, 6.07) is 53.3. The molecule has 0 heterocycles. The highest BCUT2D eigenvalue weighted by molar-refractivity contribution is 5.99. The van der Waals surface area contributed by atoms with Gasteiger partial charge in [-0.25, -0.2) is 0 Å². The van der Waals surface area contributed by atoms with E-state index < -0.39 is 0 Å². The molecule has 0 aliphatic rings. The molecule has 0 aromatic heterocycles. The Balaban J connectivity index is 1.11. The van der Waals surface area contributed by atoms with Crippen LogP contribution in [0.4, 0.5) is 5.69 Å². The number of nitrogen functional groups attached to an aromatic ring is 1. The topological polar surface area (TPSA) is 38.4 Å². The summed E-state index contributed by atoms with van der Waals surface area (Å²) in [5, 5.41) is 0. The smallest absolute Gasteiger partial charge is 0.0643 e. The molecule has 6 rings (SSSR count). The number of nitrogens with zero attached hydrogens (tertiary/aromatic N) is 1. The predicted octanol–water partition coefficient (Wildman–Crippen LogP) is 9.95. The van der Waals surface area contributed by atoms with Crippen LogP contribution in [0, 0.1) is 0 Å². The molecule has 2 nitrogen and oxygen atoms in total. The van der Waals surface area contributed by atoms with Gasteiger partial charge in [0.25, 0.3) is 0 Å². The Morgan fingerprint density at radius 2 is 0.878 bits per heavy atom. The van der Waals surface area contributed by atoms with Gasteiger partial charge in [-0.05, 0) is 80.8 Å². The van der Waals surface area contributed by atoms with E-state index in [0.29, 0.717) is 6.54 Å². The zero-order valence-electron chi connectivity index (χ0n) is 23.2. The Morgan fingerprint density at radius 3 is 1.39 bits per heavy atom. The van der Waals surface area contributed by atoms with E-state index in [2.05, 4.69) is 140 Å². The Bertz CT molecular complexity index is 1760. The van der Waals surface area contributed by atoms with Crippen LogP contribution in [-0.2, 0) is 6.54 Å². The molecule has 0 aliphatic carbocycles. The summed E-state index contributed by atoms with van der Waals surface area (Å²) >= 11 is 0. The van der Waals surface area contributed by atoms with Gasteiger partial charge >= 0.3 is 0 Å². The molecule has 0 radical (unpaired) electrons. The van der Waals surface area contributed by atoms with Gasteiger partial charge in [0.15, 0.2) is 0 Å². The van der Waals surface area contributed by atoms with Crippen molar-refractivity contribution in [3.8, 4) is 44.5 Å². The summed E-state index contributed by atoms with van der Waals surface area (Å²) in [4.78, 5) is 4.89. The van der Waals surface area contributed by atoms with Crippen LogP contribution in [0.15, 0.2) is 157 Å². The third-order valence-corrected chi connectivity index (χ3v) is 7.52. The summed E-state index contributed by atoms with van der Waals surface area (Å²) in [6.07, 6.45) is 0. The minimum absolute atomic E-state index is 0.660. The zero-order chi connectivity index (χ0) is 28.0. The van der Waals surface area contributed by atoms with Crippen LogP contribution >= 0.6 is 0 Å². The van der Waals surface area contributed by atoms with E-state index in [0.717, 1.165) is 17.0 Å². The van der Waals surface area contributed by atoms with Crippen molar-refractivity contribution in [3.05, 3.63) is 163 Å². The minimum Gasteiger partial charge on any atom is -0.399 e. The molecule has 0 unspecified atom stereocenters. The number of rotatable bonds is 7. The van der Waals surface area contributed by atoms with E-state index in [9.17, 15) is 0 Å². The van der Waals surface area contributed by atoms with Gasteiger partial charge in [0.05, 0.1) is 6.54 Å². The monoisotopic (exact) mass is 528 g/mol. The largest absolute Gasteiger partial charge is 0.399 e. The summed E-state index contributed by atoms with van der Waals surface area (Å²) < 4.78 is 0. The van der Waals surface area contributed by atoms with Gasteiger partial charge < -0.3 is 5.73 Å². The second-order valence-corrected chi connectivity index (χ2v) is 10.3. The highest BCUT2D eigenvalue weighted by Gasteiger charge is 2.05. The number of aliphatic imine (C=N–C) groups is 1. The molecule has 6 aromatic rings. The zero-order valence-corrected chi connectivity index (χ0v) is 23.2. The first-order valence-corrected chi connectivity index (χ1v) is 13.9. The van der Waals surface area contributed by atoms with Crippen molar-refractivity contribution in [1.29, 1.82) is 0 Å². The molecular formula is C39H32N2. The third-order valence-electron chi connectivity index (χ3n) is 7.52. The molecule has 2 heteroatoms. The molecule has 0 bridgehead atoms. The van der Waals surface area contributed by atoms with Crippen molar-refractivity contribution in [2.75, 3.05) is 5.73 Å². The lowest BCUT2D eigenvalue weighted by molar-refractivity contribution is 1.07. The van der Waals surface area contributed by atoms with Crippen LogP contribution in [0.2, 0.25) is 0 Å². The minimum atomic E-state index is 0.660. The maximum Gasteiger partial charge on any atom is 0.0643 e. The Morgan fingerprint density at radius 1 is 0.463 bits per heavy atom. The van der Waals surface area contributed by atoms with E-state index in [1.807, 2.05) is 18.2 Å². The Kier molecular flexibility index (Phi) is 7.55. The fraction of sp³-hybridized carbons (Fsp3) is 0.0513. The Hall–Kier alpha value is -5.21. The molecular weight excluding hydrogens is 496 g/mol. The van der Waals surface area contributed by atoms with Crippen LogP contribution in [0.3, 0.4) is 0 Å². The molecule has 0 saturated heterocycles. The molecule has 41 heavy (non-hydrogen) atoms. The first-order valence-electron chi connectivity index (χ1n) is 13.9. The van der Waals surface area contributed by atoms with E-state index >= 15 is 0 Å². The van der Waals surface area contributed by atoms with Crippen LogP contribution in [0.25, 0.3) is 44.5 Å².